The molecule has 0 bridgehead atoms. The zero-order valence-corrected chi connectivity index (χ0v) is 15.3. The number of nitrogens with one attached hydrogen (secondary N) is 2. The van der Waals surface area contributed by atoms with E-state index in [1.54, 1.807) is 45.6 Å². The normalized spacial score (nSPS) is 10.3. The molecule has 1 amide bonds. The molecular weight excluding hydrogens is 348 g/mol. The van der Waals surface area contributed by atoms with Crippen molar-refractivity contribution in [2.45, 2.75) is 6.54 Å². The maximum atomic E-state index is 12.7. The van der Waals surface area contributed by atoms with Gasteiger partial charge in [-0.05, 0) is 23.8 Å². The number of aromatic amines is 1. The number of hydrogen-bond donors (Lipinski definition) is 2. The van der Waals surface area contributed by atoms with Gasteiger partial charge < -0.3 is 19.5 Å². The first-order valence-corrected chi connectivity index (χ1v) is 8.19. The molecule has 0 saturated heterocycles. The lowest BCUT2D eigenvalue weighted by Gasteiger charge is -2.15. The van der Waals surface area contributed by atoms with Crippen LogP contribution in [0, 0.1) is 0 Å². The third kappa shape index (κ3) is 3.84. The lowest BCUT2D eigenvalue weighted by atomic mass is 10.1. The number of ether oxygens (including phenoxy) is 3. The highest BCUT2D eigenvalue weighted by atomic mass is 16.5. The van der Waals surface area contributed by atoms with Crippen molar-refractivity contribution >= 4 is 5.91 Å². The molecule has 0 radical (unpaired) electrons. The van der Waals surface area contributed by atoms with E-state index >= 15 is 0 Å². The van der Waals surface area contributed by atoms with E-state index in [9.17, 15) is 4.79 Å². The molecule has 3 aromatic rings. The lowest BCUT2D eigenvalue weighted by Crippen LogP contribution is -2.23. The summed E-state index contributed by atoms with van der Waals surface area (Å²) in [5.74, 6) is 1.88. The molecule has 0 unspecified atom stereocenters. The van der Waals surface area contributed by atoms with Crippen LogP contribution in [0.5, 0.6) is 17.2 Å². The van der Waals surface area contributed by atoms with Crippen LogP contribution < -0.4 is 19.5 Å². The Morgan fingerprint density at radius 1 is 1.07 bits per heavy atom. The molecule has 140 valence electrons. The Labute approximate surface area is 156 Å². The Bertz CT molecular complexity index is 900. The van der Waals surface area contributed by atoms with E-state index in [0.717, 1.165) is 5.56 Å². The molecule has 0 aliphatic rings. The Morgan fingerprint density at radius 2 is 1.78 bits per heavy atom. The number of benzene rings is 2. The largest absolute Gasteiger partial charge is 0.493 e. The Morgan fingerprint density at radius 3 is 2.37 bits per heavy atom. The Balaban J connectivity index is 1.81. The van der Waals surface area contributed by atoms with E-state index < -0.39 is 0 Å². The predicted octanol–water partition coefficient (Wildman–Crippen LogP) is 2.43. The number of carbonyl (C=O) groups is 1. The minimum atomic E-state index is -0.226. The summed E-state index contributed by atoms with van der Waals surface area (Å²) in [5.41, 5.74) is 1.99. The van der Waals surface area contributed by atoms with E-state index in [0.29, 0.717) is 40.7 Å². The summed E-state index contributed by atoms with van der Waals surface area (Å²) in [7, 11) is 4.64. The molecule has 3 rings (SSSR count). The molecule has 0 atom stereocenters. The summed E-state index contributed by atoms with van der Waals surface area (Å²) in [6, 6.07) is 10.8. The van der Waals surface area contributed by atoms with Crippen molar-refractivity contribution < 1.29 is 19.0 Å². The average Bonchev–Trinajstić information content (AvgIpc) is 3.25. The number of nitrogens with zero attached hydrogens (tertiary/aromatic N) is 2. The van der Waals surface area contributed by atoms with Crippen molar-refractivity contribution in [1.82, 2.24) is 20.5 Å². The summed E-state index contributed by atoms with van der Waals surface area (Å²) in [4.78, 5) is 16.8. The third-order valence-electron chi connectivity index (χ3n) is 4.02. The first-order chi connectivity index (χ1) is 13.2. The standard InChI is InChI=1S/C19H20N4O4/c1-25-15-8-12(9-16(26-2)17(15)27-3)10-20-19(24)14-7-5-4-6-13(14)18-21-11-22-23-18/h4-9,11H,10H2,1-3H3,(H,20,24)(H,21,22,23). The molecule has 0 saturated carbocycles. The van der Waals surface area contributed by atoms with Crippen LogP contribution in [0.1, 0.15) is 15.9 Å². The molecule has 1 aromatic heterocycles. The second-order valence-electron chi connectivity index (χ2n) is 5.60. The topological polar surface area (TPSA) is 98.4 Å². The number of aromatic nitrogens is 3. The minimum absolute atomic E-state index is 0.226. The fourth-order valence-electron chi connectivity index (χ4n) is 2.74. The minimum Gasteiger partial charge on any atom is -0.493 e. The molecule has 2 aromatic carbocycles. The molecule has 27 heavy (non-hydrogen) atoms. The van der Waals surface area contributed by atoms with Gasteiger partial charge in [0.1, 0.15) is 6.33 Å². The van der Waals surface area contributed by atoms with Gasteiger partial charge in [0.05, 0.1) is 26.9 Å². The van der Waals surface area contributed by atoms with Crippen molar-refractivity contribution in [1.29, 1.82) is 0 Å². The van der Waals surface area contributed by atoms with Gasteiger partial charge >= 0.3 is 0 Å². The van der Waals surface area contributed by atoms with Gasteiger partial charge in [-0.25, -0.2) is 4.98 Å². The van der Waals surface area contributed by atoms with Crippen LogP contribution >= 0.6 is 0 Å². The van der Waals surface area contributed by atoms with Gasteiger partial charge in [0.15, 0.2) is 17.3 Å². The summed E-state index contributed by atoms with van der Waals surface area (Å²) in [6.45, 7) is 0.292. The van der Waals surface area contributed by atoms with E-state index in [-0.39, 0.29) is 5.91 Å². The SMILES string of the molecule is COc1cc(CNC(=O)c2ccccc2-c2ncn[nH]2)cc(OC)c1OC. The molecule has 0 spiro atoms. The van der Waals surface area contributed by atoms with Gasteiger partial charge in [-0.1, -0.05) is 18.2 Å². The maximum Gasteiger partial charge on any atom is 0.252 e. The van der Waals surface area contributed by atoms with Gasteiger partial charge in [0.25, 0.3) is 5.91 Å². The molecule has 2 N–H and O–H groups in total. The van der Waals surface area contributed by atoms with Crippen molar-refractivity contribution in [3.05, 3.63) is 53.9 Å². The van der Waals surface area contributed by atoms with Crippen molar-refractivity contribution in [2.24, 2.45) is 0 Å². The number of methoxy groups -OCH3 is 3. The smallest absolute Gasteiger partial charge is 0.252 e. The number of carbonyl (C=O) groups excluding carboxylic acids is 1. The highest BCUT2D eigenvalue weighted by molar-refractivity contribution is 6.00. The highest BCUT2D eigenvalue weighted by Gasteiger charge is 2.16. The van der Waals surface area contributed by atoms with Crippen molar-refractivity contribution in [3.8, 4) is 28.6 Å². The van der Waals surface area contributed by atoms with Crippen molar-refractivity contribution in [3.63, 3.8) is 0 Å². The second-order valence-corrected chi connectivity index (χ2v) is 5.60. The molecule has 0 aliphatic heterocycles. The quantitative estimate of drug-likeness (QED) is 0.665. The van der Waals surface area contributed by atoms with Gasteiger partial charge in [0, 0.05) is 12.1 Å². The monoisotopic (exact) mass is 368 g/mol. The zero-order valence-electron chi connectivity index (χ0n) is 15.3. The van der Waals surface area contributed by atoms with Crippen LogP contribution in [-0.2, 0) is 6.54 Å². The van der Waals surface area contributed by atoms with Crippen LogP contribution in [0.4, 0.5) is 0 Å². The Hall–Kier alpha value is -3.55. The molecular formula is C19H20N4O4. The van der Waals surface area contributed by atoms with Crippen LogP contribution in [0.2, 0.25) is 0 Å². The molecule has 0 fully saturated rings. The fourth-order valence-corrected chi connectivity index (χ4v) is 2.74. The number of hydrogen-bond acceptors (Lipinski definition) is 6. The number of amides is 1. The first-order valence-electron chi connectivity index (χ1n) is 8.19. The van der Waals surface area contributed by atoms with Crippen LogP contribution in [0.15, 0.2) is 42.7 Å². The van der Waals surface area contributed by atoms with Gasteiger partial charge in [-0.15, -0.1) is 0 Å². The fraction of sp³-hybridized carbons (Fsp3) is 0.211. The number of H-pyrrole nitrogens is 1. The molecule has 8 heteroatoms. The van der Waals surface area contributed by atoms with E-state index in [1.807, 2.05) is 12.1 Å². The maximum absolute atomic E-state index is 12.7. The summed E-state index contributed by atoms with van der Waals surface area (Å²) in [6.07, 6.45) is 1.40. The molecule has 8 nitrogen and oxygen atoms in total. The van der Waals surface area contributed by atoms with Gasteiger partial charge in [0.2, 0.25) is 5.75 Å². The predicted molar refractivity (Wildman–Crippen MR) is 99.1 cm³/mol. The zero-order chi connectivity index (χ0) is 19.2. The first kappa shape index (κ1) is 18.2. The van der Waals surface area contributed by atoms with Gasteiger partial charge in [-0.3, -0.25) is 9.89 Å². The summed E-state index contributed by atoms with van der Waals surface area (Å²) >= 11 is 0. The van der Waals surface area contributed by atoms with E-state index in [4.69, 9.17) is 14.2 Å². The molecule has 1 heterocycles. The summed E-state index contributed by atoms with van der Waals surface area (Å²) < 4.78 is 16.0. The lowest BCUT2D eigenvalue weighted by molar-refractivity contribution is 0.0951. The van der Waals surface area contributed by atoms with Crippen molar-refractivity contribution in [2.75, 3.05) is 21.3 Å². The Kier molecular flexibility index (Phi) is 5.55. The highest BCUT2D eigenvalue weighted by Crippen LogP contribution is 2.38. The summed E-state index contributed by atoms with van der Waals surface area (Å²) in [5, 5.41) is 9.52. The van der Waals surface area contributed by atoms with E-state index in [2.05, 4.69) is 20.5 Å². The molecule has 0 aliphatic carbocycles. The van der Waals surface area contributed by atoms with Crippen LogP contribution in [0.3, 0.4) is 0 Å². The third-order valence-corrected chi connectivity index (χ3v) is 4.02. The van der Waals surface area contributed by atoms with Crippen LogP contribution in [0.25, 0.3) is 11.4 Å². The number of rotatable bonds is 7. The van der Waals surface area contributed by atoms with E-state index in [1.165, 1.54) is 6.33 Å². The van der Waals surface area contributed by atoms with Gasteiger partial charge in [-0.2, -0.15) is 5.10 Å². The second kappa shape index (κ2) is 8.22. The average molecular weight is 368 g/mol. The van der Waals surface area contributed by atoms with Crippen LogP contribution in [-0.4, -0.2) is 42.4 Å².